The van der Waals surface area contributed by atoms with E-state index in [-0.39, 0.29) is 22.4 Å². The molecule has 11 heteroatoms. The van der Waals surface area contributed by atoms with Crippen LogP contribution in [0.25, 0.3) is 33.0 Å². The van der Waals surface area contributed by atoms with Gasteiger partial charge in [-0.2, -0.15) is 0 Å². The van der Waals surface area contributed by atoms with Gasteiger partial charge < -0.3 is 13.9 Å². The predicted octanol–water partition coefficient (Wildman–Crippen LogP) is 4.07. The Morgan fingerprint density at radius 2 is 1.55 bits per heavy atom. The Morgan fingerprint density at radius 1 is 0.900 bits per heavy atom. The number of aromatic nitrogens is 3. The summed E-state index contributed by atoms with van der Waals surface area (Å²) in [5.41, 5.74) is 2.74. The van der Waals surface area contributed by atoms with Crippen LogP contribution in [0.5, 0.6) is 0 Å². The van der Waals surface area contributed by atoms with Crippen LogP contribution in [-0.2, 0) is 28.4 Å². The van der Waals surface area contributed by atoms with Crippen molar-refractivity contribution in [3.63, 3.8) is 0 Å². The number of carbonyl (C=O) groups is 3. The first kappa shape index (κ1) is 24.7. The highest BCUT2D eigenvalue weighted by Crippen LogP contribution is 2.42. The number of imide groups is 1. The van der Waals surface area contributed by atoms with Gasteiger partial charge in [0, 0.05) is 78.4 Å². The number of para-hydroxylation sites is 1. The zero-order valence-corrected chi connectivity index (χ0v) is 21.4. The molecule has 0 fully saturated rings. The number of nitro benzene ring substituents is 1. The first-order valence-corrected chi connectivity index (χ1v) is 12.2. The van der Waals surface area contributed by atoms with Gasteiger partial charge in [0.15, 0.2) is 6.73 Å². The van der Waals surface area contributed by atoms with Crippen molar-refractivity contribution in [2.75, 3.05) is 6.73 Å². The van der Waals surface area contributed by atoms with E-state index in [1.807, 2.05) is 35.9 Å². The molecule has 1 aliphatic heterocycles. The summed E-state index contributed by atoms with van der Waals surface area (Å²) < 4.78 is 8.88. The van der Waals surface area contributed by atoms with Crippen molar-refractivity contribution in [2.24, 2.45) is 14.1 Å². The van der Waals surface area contributed by atoms with E-state index in [0.717, 1.165) is 15.8 Å². The minimum atomic E-state index is -0.730. The van der Waals surface area contributed by atoms with Gasteiger partial charge in [-0.1, -0.05) is 18.2 Å². The number of ether oxygens (including phenoxy) is 1. The maximum absolute atomic E-state index is 13.9. The molecule has 40 heavy (non-hydrogen) atoms. The molecule has 0 unspecified atom stereocenters. The lowest BCUT2D eigenvalue weighted by atomic mass is 9.95. The summed E-state index contributed by atoms with van der Waals surface area (Å²) in [5, 5.41) is 12.7. The average Bonchev–Trinajstić information content (AvgIpc) is 3.55. The third-order valence-corrected chi connectivity index (χ3v) is 7.01. The highest BCUT2D eigenvalue weighted by atomic mass is 16.6. The normalized spacial score (nSPS) is 13.6. The van der Waals surface area contributed by atoms with Crippen molar-refractivity contribution < 1.29 is 24.0 Å². The molecule has 0 aliphatic carbocycles. The number of benzene rings is 2. The minimum absolute atomic E-state index is 0.0960. The Labute approximate surface area is 226 Å². The first-order valence-electron chi connectivity index (χ1n) is 12.2. The van der Waals surface area contributed by atoms with Crippen LogP contribution in [0.3, 0.4) is 0 Å². The molecule has 5 aromatic rings. The van der Waals surface area contributed by atoms with Crippen LogP contribution < -0.4 is 0 Å². The molecule has 0 spiro atoms. The fourth-order valence-electron chi connectivity index (χ4n) is 5.11. The molecule has 0 radical (unpaired) electrons. The SMILES string of the molecule is Cn1cc(C2=C(c3cn(C)c4cc([N+](=O)[O-])ccc34)C(=O)N(COC(=O)c3cccnc3)C2=O)c2ccccc21. The zero-order chi connectivity index (χ0) is 28.1. The molecular weight excluding hydrogens is 514 g/mol. The van der Waals surface area contributed by atoms with Gasteiger partial charge in [0.25, 0.3) is 17.5 Å². The molecule has 2 amide bonds. The van der Waals surface area contributed by atoms with Crippen LogP contribution in [0.4, 0.5) is 5.69 Å². The Morgan fingerprint density at radius 3 is 2.20 bits per heavy atom. The van der Waals surface area contributed by atoms with Gasteiger partial charge in [-0.05, 0) is 24.3 Å². The standard InChI is InChI=1S/C29H21N5O6/c1-31-14-21(19-7-3-4-8-23(19)31)25-26(22-15-32(2)24-12-18(34(38)39)9-10-20(22)24)28(36)33(27(25)35)16-40-29(37)17-6-5-11-30-13-17/h3-15H,16H2,1-2H3. The number of nitrogens with zero attached hydrogens (tertiary/aromatic N) is 5. The van der Waals surface area contributed by atoms with E-state index in [9.17, 15) is 24.5 Å². The van der Waals surface area contributed by atoms with Crippen molar-refractivity contribution in [3.05, 3.63) is 106 Å². The molecule has 3 aromatic heterocycles. The lowest BCUT2D eigenvalue weighted by Crippen LogP contribution is -2.34. The summed E-state index contributed by atoms with van der Waals surface area (Å²) in [4.78, 5) is 56.1. The third kappa shape index (κ3) is 3.83. The number of pyridine rings is 1. The van der Waals surface area contributed by atoms with E-state index >= 15 is 0 Å². The Hall–Kier alpha value is -5.58. The highest BCUT2D eigenvalue weighted by molar-refractivity contribution is 6.50. The molecule has 1 aliphatic rings. The fourth-order valence-corrected chi connectivity index (χ4v) is 5.11. The minimum Gasteiger partial charge on any atom is -0.440 e. The number of rotatable bonds is 6. The monoisotopic (exact) mass is 535 g/mol. The van der Waals surface area contributed by atoms with Gasteiger partial charge in [0.1, 0.15) is 0 Å². The van der Waals surface area contributed by atoms with E-state index in [1.165, 1.54) is 30.6 Å². The summed E-state index contributed by atoms with van der Waals surface area (Å²) >= 11 is 0. The van der Waals surface area contributed by atoms with Crippen molar-refractivity contribution in [1.29, 1.82) is 0 Å². The highest BCUT2D eigenvalue weighted by Gasteiger charge is 2.42. The molecule has 11 nitrogen and oxygen atoms in total. The zero-order valence-electron chi connectivity index (χ0n) is 21.4. The molecular formula is C29H21N5O6. The third-order valence-electron chi connectivity index (χ3n) is 7.01. The van der Waals surface area contributed by atoms with Crippen molar-refractivity contribution in [2.45, 2.75) is 0 Å². The number of fused-ring (bicyclic) bond motifs is 2. The van der Waals surface area contributed by atoms with E-state index in [4.69, 9.17) is 4.74 Å². The Kier molecular flexibility index (Phi) is 5.76. The van der Waals surface area contributed by atoms with Gasteiger partial charge in [0.05, 0.1) is 27.1 Å². The number of nitro groups is 1. The number of amides is 2. The average molecular weight is 536 g/mol. The van der Waals surface area contributed by atoms with E-state index in [1.54, 1.807) is 36.1 Å². The van der Waals surface area contributed by atoms with E-state index in [0.29, 0.717) is 22.0 Å². The summed E-state index contributed by atoms with van der Waals surface area (Å²) in [6.45, 7) is -0.598. The summed E-state index contributed by atoms with van der Waals surface area (Å²) in [6.07, 6.45) is 6.30. The van der Waals surface area contributed by atoms with E-state index < -0.39 is 29.4 Å². The smallest absolute Gasteiger partial charge is 0.341 e. The molecule has 2 aromatic carbocycles. The van der Waals surface area contributed by atoms with Crippen LogP contribution in [0, 0.1) is 10.1 Å². The summed E-state index contributed by atoms with van der Waals surface area (Å²) in [5.74, 6) is -1.99. The maximum Gasteiger partial charge on any atom is 0.341 e. The van der Waals surface area contributed by atoms with Crippen LogP contribution in [0.1, 0.15) is 21.5 Å². The topological polar surface area (TPSA) is 130 Å². The second kappa shape index (κ2) is 9.31. The molecule has 0 atom stereocenters. The number of hydrogen-bond acceptors (Lipinski definition) is 7. The largest absolute Gasteiger partial charge is 0.440 e. The number of carbonyl (C=O) groups excluding carboxylic acids is 3. The molecule has 198 valence electrons. The summed E-state index contributed by atoms with van der Waals surface area (Å²) in [6, 6.07) is 14.9. The van der Waals surface area contributed by atoms with Gasteiger partial charge in [0.2, 0.25) is 0 Å². The molecule has 4 heterocycles. The second-order valence-corrected chi connectivity index (χ2v) is 9.37. The Bertz CT molecular complexity index is 1920. The summed E-state index contributed by atoms with van der Waals surface area (Å²) in [7, 11) is 3.56. The lowest BCUT2D eigenvalue weighted by Gasteiger charge is -2.15. The lowest BCUT2D eigenvalue weighted by molar-refractivity contribution is -0.384. The number of aryl methyl sites for hydroxylation is 2. The molecule has 6 rings (SSSR count). The van der Waals surface area contributed by atoms with Gasteiger partial charge in [-0.25, -0.2) is 9.69 Å². The second-order valence-electron chi connectivity index (χ2n) is 9.37. The van der Waals surface area contributed by atoms with Crippen LogP contribution in [0.15, 0.2) is 79.4 Å². The Balaban J connectivity index is 1.50. The van der Waals surface area contributed by atoms with Crippen molar-refractivity contribution in [3.8, 4) is 0 Å². The fraction of sp³-hybridized carbons (Fsp3) is 0.103. The number of non-ortho nitro benzene ring substituents is 1. The van der Waals surface area contributed by atoms with Gasteiger partial charge >= 0.3 is 5.97 Å². The van der Waals surface area contributed by atoms with E-state index in [2.05, 4.69) is 4.98 Å². The number of esters is 1. The van der Waals surface area contributed by atoms with Crippen molar-refractivity contribution in [1.82, 2.24) is 19.0 Å². The van der Waals surface area contributed by atoms with Gasteiger partial charge in [-0.15, -0.1) is 0 Å². The molecule has 0 N–H and O–H groups in total. The predicted molar refractivity (Wildman–Crippen MR) is 146 cm³/mol. The molecule has 0 saturated heterocycles. The van der Waals surface area contributed by atoms with Crippen molar-refractivity contribution >= 4 is 56.4 Å². The molecule has 0 saturated carbocycles. The van der Waals surface area contributed by atoms with Crippen LogP contribution in [0.2, 0.25) is 0 Å². The van der Waals surface area contributed by atoms with Gasteiger partial charge in [-0.3, -0.25) is 24.7 Å². The maximum atomic E-state index is 13.9. The quantitative estimate of drug-likeness (QED) is 0.139. The first-order chi connectivity index (χ1) is 19.3. The molecule has 0 bridgehead atoms. The van der Waals surface area contributed by atoms with Crippen LogP contribution in [-0.4, -0.2) is 48.5 Å². The number of hydrogen-bond donors (Lipinski definition) is 0. The van der Waals surface area contributed by atoms with Crippen LogP contribution >= 0.6 is 0 Å².